The van der Waals surface area contributed by atoms with Crippen LogP contribution in [0.25, 0.3) is 0 Å². The Morgan fingerprint density at radius 1 is 0.962 bits per heavy atom. The number of amides is 1. The lowest BCUT2D eigenvalue weighted by molar-refractivity contribution is -0.143. The summed E-state index contributed by atoms with van der Waals surface area (Å²) in [5, 5.41) is 10.3. The number of benzene rings is 2. The summed E-state index contributed by atoms with van der Waals surface area (Å²) in [6, 6.07) is 17.2. The fourth-order valence-corrected chi connectivity index (χ4v) is 2.08. The zero-order chi connectivity index (χ0) is 18.9. The summed E-state index contributed by atoms with van der Waals surface area (Å²) >= 11 is 0. The predicted molar refractivity (Wildman–Crippen MR) is 95.1 cm³/mol. The highest BCUT2D eigenvalue weighted by Crippen LogP contribution is 2.12. The van der Waals surface area contributed by atoms with Gasteiger partial charge in [-0.2, -0.15) is 5.06 Å². The summed E-state index contributed by atoms with van der Waals surface area (Å²) in [4.78, 5) is 24.0. The lowest BCUT2D eigenvalue weighted by Gasteiger charge is -2.22. The minimum absolute atomic E-state index is 0.00832. The molecule has 0 fully saturated rings. The van der Waals surface area contributed by atoms with Crippen molar-refractivity contribution in [2.24, 2.45) is 0 Å². The van der Waals surface area contributed by atoms with Crippen LogP contribution in [0.1, 0.15) is 18.1 Å². The van der Waals surface area contributed by atoms with Crippen molar-refractivity contribution in [3.63, 3.8) is 0 Å². The SMILES string of the molecule is C=C(C(=O)OCc1ccccc1)C(C)N(O)C(=O)OCc1ccccc1. The van der Waals surface area contributed by atoms with Crippen LogP contribution in [0.15, 0.2) is 72.8 Å². The number of carbonyl (C=O) groups excluding carboxylic acids is 2. The number of esters is 1. The van der Waals surface area contributed by atoms with E-state index in [1.807, 2.05) is 48.5 Å². The van der Waals surface area contributed by atoms with Crippen molar-refractivity contribution in [3.8, 4) is 0 Å². The van der Waals surface area contributed by atoms with Crippen LogP contribution in [0.3, 0.4) is 0 Å². The monoisotopic (exact) mass is 355 g/mol. The van der Waals surface area contributed by atoms with Gasteiger partial charge in [-0.15, -0.1) is 0 Å². The van der Waals surface area contributed by atoms with Gasteiger partial charge in [0.1, 0.15) is 13.2 Å². The predicted octanol–water partition coefficient (Wildman–Crippen LogP) is 3.70. The first-order valence-electron chi connectivity index (χ1n) is 8.07. The van der Waals surface area contributed by atoms with Crippen LogP contribution in [0.5, 0.6) is 0 Å². The smallest absolute Gasteiger partial charge is 0.434 e. The summed E-state index contributed by atoms with van der Waals surface area (Å²) < 4.78 is 10.2. The number of rotatable bonds is 7. The van der Waals surface area contributed by atoms with Gasteiger partial charge in [-0.05, 0) is 18.1 Å². The molecule has 0 spiro atoms. The first-order chi connectivity index (χ1) is 12.5. The van der Waals surface area contributed by atoms with Gasteiger partial charge in [0, 0.05) is 0 Å². The number of carbonyl (C=O) groups is 2. The molecule has 0 aliphatic rings. The van der Waals surface area contributed by atoms with Crippen LogP contribution < -0.4 is 0 Å². The maximum Gasteiger partial charge on any atom is 0.434 e. The minimum atomic E-state index is -0.985. The summed E-state index contributed by atoms with van der Waals surface area (Å²) in [6.07, 6.45) is -0.974. The molecule has 0 saturated heterocycles. The van der Waals surface area contributed by atoms with E-state index >= 15 is 0 Å². The number of hydrogen-bond acceptors (Lipinski definition) is 5. The Morgan fingerprint density at radius 3 is 1.92 bits per heavy atom. The molecule has 1 unspecified atom stereocenters. The van der Waals surface area contributed by atoms with Crippen molar-refractivity contribution < 1.29 is 24.3 Å². The van der Waals surface area contributed by atoms with E-state index in [0.29, 0.717) is 5.06 Å². The normalized spacial score (nSPS) is 11.3. The van der Waals surface area contributed by atoms with Gasteiger partial charge >= 0.3 is 12.1 Å². The highest BCUT2D eigenvalue weighted by molar-refractivity contribution is 5.89. The van der Waals surface area contributed by atoms with Gasteiger partial charge < -0.3 is 9.47 Å². The second-order valence-corrected chi connectivity index (χ2v) is 5.65. The zero-order valence-electron chi connectivity index (χ0n) is 14.5. The van der Waals surface area contributed by atoms with Crippen molar-refractivity contribution in [3.05, 3.63) is 83.9 Å². The molecule has 1 amide bonds. The third kappa shape index (κ3) is 5.46. The van der Waals surface area contributed by atoms with E-state index < -0.39 is 18.1 Å². The Bertz CT molecular complexity index is 745. The van der Waals surface area contributed by atoms with Gasteiger partial charge in [0.2, 0.25) is 0 Å². The van der Waals surface area contributed by atoms with Crippen LogP contribution in [0, 0.1) is 0 Å². The van der Waals surface area contributed by atoms with Crippen LogP contribution in [0.4, 0.5) is 4.79 Å². The number of hydroxylamine groups is 2. The highest BCUT2D eigenvalue weighted by Gasteiger charge is 2.26. The summed E-state index contributed by atoms with van der Waals surface area (Å²) in [7, 11) is 0. The quantitative estimate of drug-likeness (QED) is 0.355. The Labute approximate surface area is 152 Å². The van der Waals surface area contributed by atoms with Gasteiger partial charge in [0.05, 0.1) is 11.6 Å². The van der Waals surface area contributed by atoms with Crippen molar-refractivity contribution in [1.29, 1.82) is 0 Å². The van der Waals surface area contributed by atoms with Crippen molar-refractivity contribution in [2.45, 2.75) is 26.2 Å². The highest BCUT2D eigenvalue weighted by atomic mass is 16.6. The van der Waals surface area contributed by atoms with Crippen LogP contribution in [0.2, 0.25) is 0 Å². The van der Waals surface area contributed by atoms with Crippen molar-refractivity contribution >= 4 is 12.1 Å². The van der Waals surface area contributed by atoms with Gasteiger partial charge in [-0.3, -0.25) is 5.21 Å². The minimum Gasteiger partial charge on any atom is -0.457 e. The lowest BCUT2D eigenvalue weighted by Crippen LogP contribution is -2.39. The molecule has 136 valence electrons. The molecule has 2 aromatic rings. The summed E-state index contributed by atoms with van der Waals surface area (Å²) in [5.41, 5.74) is 1.55. The molecule has 26 heavy (non-hydrogen) atoms. The maximum absolute atomic E-state index is 12.1. The van der Waals surface area contributed by atoms with E-state index in [2.05, 4.69) is 6.58 Å². The second kappa shape index (κ2) is 9.39. The Balaban J connectivity index is 1.83. The standard InChI is InChI=1S/C20H21NO5/c1-15(19(22)25-13-17-9-5-3-6-10-17)16(2)21(24)20(23)26-14-18-11-7-4-8-12-18/h3-12,16,24H,1,13-14H2,2H3. The molecule has 0 aliphatic carbocycles. The number of nitrogens with zero attached hydrogens (tertiary/aromatic N) is 1. The van der Waals surface area contributed by atoms with Gasteiger partial charge in [-0.25, -0.2) is 9.59 Å². The Morgan fingerprint density at radius 2 is 1.42 bits per heavy atom. The number of hydrogen-bond donors (Lipinski definition) is 1. The second-order valence-electron chi connectivity index (χ2n) is 5.65. The molecule has 0 saturated carbocycles. The third-order valence-corrected chi connectivity index (χ3v) is 3.74. The molecule has 1 atom stereocenters. The summed E-state index contributed by atoms with van der Waals surface area (Å²) in [5.74, 6) is -0.698. The first kappa shape index (κ1) is 19.2. The zero-order valence-corrected chi connectivity index (χ0v) is 14.5. The molecule has 0 heterocycles. The molecule has 1 N–H and O–H groups in total. The Hall–Kier alpha value is -3.12. The lowest BCUT2D eigenvalue weighted by atomic mass is 10.1. The molecule has 0 radical (unpaired) electrons. The average Bonchev–Trinajstić information content (AvgIpc) is 2.70. The third-order valence-electron chi connectivity index (χ3n) is 3.74. The van der Waals surface area contributed by atoms with Gasteiger partial charge in [0.15, 0.2) is 0 Å². The number of ether oxygens (including phenoxy) is 2. The van der Waals surface area contributed by atoms with E-state index in [4.69, 9.17) is 9.47 Å². The molecular weight excluding hydrogens is 334 g/mol. The molecule has 6 heteroatoms. The topological polar surface area (TPSA) is 76.1 Å². The van der Waals surface area contributed by atoms with Gasteiger partial charge in [-0.1, -0.05) is 67.2 Å². The van der Waals surface area contributed by atoms with Gasteiger partial charge in [0.25, 0.3) is 0 Å². The Kier molecular flexibility index (Phi) is 6.93. The van der Waals surface area contributed by atoms with E-state index in [-0.39, 0.29) is 18.8 Å². The molecule has 2 rings (SSSR count). The van der Waals surface area contributed by atoms with E-state index in [1.54, 1.807) is 12.1 Å². The molecule has 6 nitrogen and oxygen atoms in total. The fraction of sp³-hybridized carbons (Fsp3) is 0.200. The first-order valence-corrected chi connectivity index (χ1v) is 8.07. The van der Waals surface area contributed by atoms with E-state index in [9.17, 15) is 14.8 Å². The summed E-state index contributed by atoms with van der Waals surface area (Å²) in [6.45, 7) is 5.15. The average molecular weight is 355 g/mol. The van der Waals surface area contributed by atoms with E-state index in [0.717, 1.165) is 11.1 Å². The van der Waals surface area contributed by atoms with Crippen molar-refractivity contribution in [2.75, 3.05) is 0 Å². The molecule has 0 bridgehead atoms. The van der Waals surface area contributed by atoms with Crippen molar-refractivity contribution in [1.82, 2.24) is 5.06 Å². The molecule has 2 aromatic carbocycles. The maximum atomic E-state index is 12.1. The molecule has 0 aliphatic heterocycles. The van der Waals surface area contributed by atoms with Crippen LogP contribution >= 0.6 is 0 Å². The fourth-order valence-electron chi connectivity index (χ4n) is 2.08. The largest absolute Gasteiger partial charge is 0.457 e. The van der Waals surface area contributed by atoms with E-state index in [1.165, 1.54) is 6.92 Å². The van der Waals surface area contributed by atoms with Crippen LogP contribution in [-0.4, -0.2) is 28.4 Å². The van der Waals surface area contributed by atoms with Crippen LogP contribution in [-0.2, 0) is 27.5 Å². The molecular formula is C20H21NO5. The molecule has 0 aromatic heterocycles.